The van der Waals surface area contributed by atoms with Crippen molar-refractivity contribution in [2.45, 2.75) is 138 Å². The summed E-state index contributed by atoms with van der Waals surface area (Å²) in [5.74, 6) is 2.26. The number of aliphatic hydroxyl groups is 1. The summed E-state index contributed by atoms with van der Waals surface area (Å²) in [4.78, 5) is 0. The van der Waals surface area contributed by atoms with Crippen LogP contribution in [0.1, 0.15) is 126 Å². The molecule has 0 heterocycles. The van der Waals surface area contributed by atoms with Crippen LogP contribution in [0.5, 0.6) is 0 Å². The molecule has 184 valence electrons. The van der Waals surface area contributed by atoms with Crippen molar-refractivity contribution in [3.8, 4) is 0 Å². The molecule has 2 fully saturated rings. The number of allylic oxidation sites excluding steroid dienone is 2. The van der Waals surface area contributed by atoms with E-state index in [1.807, 2.05) is 11.1 Å². The van der Waals surface area contributed by atoms with Crippen LogP contribution < -0.4 is 5.73 Å². The van der Waals surface area contributed by atoms with E-state index in [9.17, 15) is 5.11 Å². The molecule has 4 aliphatic carbocycles. The van der Waals surface area contributed by atoms with Gasteiger partial charge in [0, 0.05) is 5.54 Å². The molecule has 2 heteroatoms. The number of fused-ring (bicyclic) bond motifs is 4. The molecule has 4 aliphatic rings. The number of hydrogen-bond acceptors (Lipinski definition) is 2. The van der Waals surface area contributed by atoms with Gasteiger partial charge < -0.3 is 10.8 Å². The SMILES string of the molecule is C[C@H](CCCC(C)(C)N)[C@H]1CC[C@@]2(C)C3=C(CC[C@]12C)[C@@]1(C)CC[C@H](O)C(C)(C)[C@@H]1CC3. The third-order valence-electron chi connectivity index (χ3n) is 12.0. The Balaban J connectivity index is 1.60. The average Bonchev–Trinajstić information content (AvgIpc) is 2.96. The number of hydrogen-bond donors (Lipinski definition) is 2. The lowest BCUT2D eigenvalue weighted by Gasteiger charge is -2.62. The van der Waals surface area contributed by atoms with E-state index < -0.39 is 0 Å². The summed E-state index contributed by atoms with van der Waals surface area (Å²) in [6, 6.07) is 0. The first-order valence-electron chi connectivity index (χ1n) is 13.9. The fourth-order valence-corrected chi connectivity index (χ4v) is 9.71. The molecule has 4 rings (SSSR count). The Morgan fingerprint density at radius 1 is 0.969 bits per heavy atom. The van der Waals surface area contributed by atoms with Gasteiger partial charge in [-0.25, -0.2) is 0 Å². The van der Waals surface area contributed by atoms with Gasteiger partial charge in [0.05, 0.1) is 6.10 Å². The molecular formula is C30H53NO. The summed E-state index contributed by atoms with van der Waals surface area (Å²) >= 11 is 0. The van der Waals surface area contributed by atoms with Crippen LogP contribution in [0.15, 0.2) is 11.1 Å². The molecule has 0 spiro atoms. The lowest BCUT2D eigenvalue weighted by molar-refractivity contribution is -0.0962. The molecule has 0 unspecified atom stereocenters. The summed E-state index contributed by atoms with van der Waals surface area (Å²) in [7, 11) is 0. The zero-order valence-electron chi connectivity index (χ0n) is 22.6. The summed E-state index contributed by atoms with van der Waals surface area (Å²) in [5.41, 5.74) is 11.1. The van der Waals surface area contributed by atoms with E-state index in [1.54, 1.807) is 0 Å². The zero-order chi connectivity index (χ0) is 23.7. The molecule has 2 saturated carbocycles. The van der Waals surface area contributed by atoms with Crippen LogP contribution in [-0.2, 0) is 0 Å². The third kappa shape index (κ3) is 3.57. The number of nitrogens with two attached hydrogens (primary N) is 1. The molecule has 3 N–H and O–H groups in total. The molecule has 0 aromatic rings. The predicted molar refractivity (Wildman–Crippen MR) is 136 cm³/mol. The Labute approximate surface area is 199 Å². The van der Waals surface area contributed by atoms with Crippen molar-refractivity contribution in [3.05, 3.63) is 11.1 Å². The van der Waals surface area contributed by atoms with Crippen molar-refractivity contribution in [1.82, 2.24) is 0 Å². The van der Waals surface area contributed by atoms with Crippen molar-refractivity contribution in [1.29, 1.82) is 0 Å². The largest absolute Gasteiger partial charge is 0.393 e. The number of rotatable bonds is 5. The Kier molecular flexibility index (Phi) is 6.07. The molecule has 0 radical (unpaired) electrons. The van der Waals surface area contributed by atoms with E-state index in [1.165, 1.54) is 57.8 Å². The van der Waals surface area contributed by atoms with Gasteiger partial charge in [0.15, 0.2) is 0 Å². The van der Waals surface area contributed by atoms with Gasteiger partial charge in [-0.15, -0.1) is 0 Å². The van der Waals surface area contributed by atoms with Crippen molar-refractivity contribution in [2.75, 3.05) is 0 Å². The topological polar surface area (TPSA) is 46.2 Å². The lowest BCUT2D eigenvalue weighted by atomic mass is 9.43. The van der Waals surface area contributed by atoms with Gasteiger partial charge in [0.1, 0.15) is 0 Å². The predicted octanol–water partition coefficient (Wildman–Crippen LogP) is 7.64. The van der Waals surface area contributed by atoms with Crippen molar-refractivity contribution >= 4 is 0 Å². The van der Waals surface area contributed by atoms with E-state index in [-0.39, 0.29) is 17.1 Å². The van der Waals surface area contributed by atoms with E-state index in [4.69, 9.17) is 5.73 Å². The quantitative estimate of drug-likeness (QED) is 0.429. The third-order valence-corrected chi connectivity index (χ3v) is 12.0. The second kappa shape index (κ2) is 7.84. The van der Waals surface area contributed by atoms with Crippen LogP contribution in [0.3, 0.4) is 0 Å². The van der Waals surface area contributed by atoms with Crippen molar-refractivity contribution in [3.63, 3.8) is 0 Å². The molecule has 0 aromatic heterocycles. The smallest absolute Gasteiger partial charge is 0.0594 e. The van der Waals surface area contributed by atoms with E-state index >= 15 is 0 Å². The minimum absolute atomic E-state index is 0.0339. The molecule has 0 bridgehead atoms. The Hall–Kier alpha value is -0.340. The monoisotopic (exact) mass is 443 g/mol. The first-order chi connectivity index (χ1) is 14.7. The Morgan fingerprint density at radius 3 is 2.31 bits per heavy atom. The fourth-order valence-electron chi connectivity index (χ4n) is 9.71. The standard InChI is InChI=1S/C30H53NO/c1-20(10-9-16-26(2,3)31)21-13-18-30(8)23-11-12-24-27(4,5)25(32)15-17-28(24,6)22(23)14-19-29(21,30)7/h20-21,24-25,32H,9-19,31H2,1-8H3/t20-,21-,24+,25+,28-,29-,30+/m1/s1. The minimum atomic E-state index is -0.137. The molecule has 0 amide bonds. The van der Waals surface area contributed by atoms with Crippen LogP contribution in [-0.4, -0.2) is 16.7 Å². The van der Waals surface area contributed by atoms with Gasteiger partial charge in [-0.3, -0.25) is 0 Å². The van der Waals surface area contributed by atoms with Crippen LogP contribution in [0.2, 0.25) is 0 Å². The maximum atomic E-state index is 10.8. The molecule has 0 aliphatic heterocycles. The van der Waals surface area contributed by atoms with Crippen LogP contribution in [0.25, 0.3) is 0 Å². The van der Waals surface area contributed by atoms with Gasteiger partial charge in [-0.05, 0) is 111 Å². The van der Waals surface area contributed by atoms with Gasteiger partial charge in [-0.2, -0.15) is 0 Å². The maximum absolute atomic E-state index is 10.8. The Bertz CT molecular complexity index is 759. The molecule has 32 heavy (non-hydrogen) atoms. The second-order valence-corrected chi connectivity index (χ2v) is 14.6. The summed E-state index contributed by atoms with van der Waals surface area (Å²) in [6.45, 7) is 19.5. The highest BCUT2D eigenvalue weighted by Crippen LogP contribution is 2.72. The zero-order valence-corrected chi connectivity index (χ0v) is 22.6. The summed E-state index contributed by atoms with van der Waals surface area (Å²) in [5, 5.41) is 10.8. The molecule has 7 atom stereocenters. The summed E-state index contributed by atoms with van der Waals surface area (Å²) < 4.78 is 0. The maximum Gasteiger partial charge on any atom is 0.0594 e. The minimum Gasteiger partial charge on any atom is -0.393 e. The van der Waals surface area contributed by atoms with Gasteiger partial charge in [0.25, 0.3) is 0 Å². The molecule has 0 saturated heterocycles. The fraction of sp³-hybridized carbons (Fsp3) is 0.933. The van der Waals surface area contributed by atoms with Crippen molar-refractivity contribution < 1.29 is 5.11 Å². The van der Waals surface area contributed by atoms with Crippen LogP contribution >= 0.6 is 0 Å². The molecule has 0 aromatic carbocycles. The van der Waals surface area contributed by atoms with Crippen LogP contribution in [0, 0.1) is 39.4 Å². The van der Waals surface area contributed by atoms with E-state index in [0.29, 0.717) is 22.2 Å². The highest BCUT2D eigenvalue weighted by atomic mass is 16.3. The first kappa shape index (κ1) is 24.8. The first-order valence-corrected chi connectivity index (χ1v) is 13.9. The van der Waals surface area contributed by atoms with E-state index in [2.05, 4.69) is 55.4 Å². The highest BCUT2D eigenvalue weighted by Gasteiger charge is 2.63. The van der Waals surface area contributed by atoms with Crippen molar-refractivity contribution in [2.24, 2.45) is 45.1 Å². The van der Waals surface area contributed by atoms with Crippen LogP contribution in [0.4, 0.5) is 0 Å². The number of aliphatic hydroxyl groups excluding tert-OH is 1. The highest BCUT2D eigenvalue weighted by molar-refractivity contribution is 5.38. The average molecular weight is 444 g/mol. The normalized spacial score (nSPS) is 44.6. The van der Waals surface area contributed by atoms with E-state index in [0.717, 1.165) is 24.7 Å². The molecule has 2 nitrogen and oxygen atoms in total. The lowest BCUT2D eigenvalue weighted by Crippen LogP contribution is -2.55. The summed E-state index contributed by atoms with van der Waals surface area (Å²) in [6.07, 6.45) is 13.8. The van der Waals surface area contributed by atoms with Gasteiger partial charge in [-0.1, -0.05) is 65.5 Å². The van der Waals surface area contributed by atoms with Gasteiger partial charge >= 0.3 is 0 Å². The Morgan fingerprint density at radius 2 is 1.66 bits per heavy atom. The van der Waals surface area contributed by atoms with Gasteiger partial charge in [0.2, 0.25) is 0 Å². The second-order valence-electron chi connectivity index (χ2n) is 14.6. The molecular weight excluding hydrogens is 390 g/mol.